The molecule has 1 aromatic carbocycles. The Hall–Kier alpha value is -3.06. The third-order valence-corrected chi connectivity index (χ3v) is 6.15. The fraction of sp³-hybridized carbons (Fsp3) is 0.238. The molecule has 1 N–H and O–H groups in total. The first kappa shape index (κ1) is 18.3. The van der Waals surface area contributed by atoms with Gasteiger partial charge in [0.1, 0.15) is 16.9 Å². The van der Waals surface area contributed by atoms with Gasteiger partial charge < -0.3 is 5.11 Å². The highest BCUT2D eigenvalue weighted by Crippen LogP contribution is 2.38. The molecule has 1 aliphatic heterocycles. The van der Waals surface area contributed by atoms with E-state index in [1.165, 1.54) is 10.4 Å². The normalized spacial score (nSPS) is 15.9. The summed E-state index contributed by atoms with van der Waals surface area (Å²) in [6.45, 7) is 8.24. The summed E-state index contributed by atoms with van der Waals surface area (Å²) in [6.07, 6.45) is 2.72. The molecule has 0 aliphatic carbocycles. The van der Waals surface area contributed by atoms with Gasteiger partial charge in [-0.2, -0.15) is 0 Å². The smallest absolute Gasteiger partial charge is 0.328 e. The van der Waals surface area contributed by atoms with Gasteiger partial charge in [0, 0.05) is 22.1 Å². The number of aliphatic carboxylic acids is 1. The second-order valence-electron chi connectivity index (χ2n) is 6.85. The molecule has 0 bridgehead atoms. The van der Waals surface area contributed by atoms with Crippen LogP contribution >= 0.6 is 11.3 Å². The zero-order chi connectivity index (χ0) is 20.0. The molecule has 0 unspecified atom stereocenters. The molecule has 0 saturated heterocycles. The Morgan fingerprint density at radius 2 is 1.89 bits per heavy atom. The fourth-order valence-corrected chi connectivity index (χ4v) is 4.61. The van der Waals surface area contributed by atoms with Crippen molar-refractivity contribution in [3.63, 3.8) is 0 Å². The monoisotopic (exact) mass is 392 g/mol. The lowest BCUT2D eigenvalue weighted by atomic mass is 9.98. The number of hydrogen-bond donors (Lipinski definition) is 1. The zero-order valence-corrected chi connectivity index (χ0v) is 16.9. The van der Waals surface area contributed by atoms with Gasteiger partial charge in [-0.15, -0.1) is 21.5 Å². The minimum Gasteiger partial charge on any atom is -0.478 e. The van der Waals surface area contributed by atoms with Crippen molar-refractivity contribution in [2.45, 2.75) is 33.7 Å². The molecule has 28 heavy (non-hydrogen) atoms. The predicted octanol–water partition coefficient (Wildman–Crippen LogP) is 4.26. The van der Waals surface area contributed by atoms with E-state index in [2.05, 4.69) is 28.6 Å². The molecule has 2 aromatic heterocycles. The second-order valence-corrected chi connectivity index (χ2v) is 8.05. The molecule has 0 radical (unpaired) electrons. The Morgan fingerprint density at radius 1 is 1.18 bits per heavy atom. The molecule has 4 rings (SSSR count). The van der Waals surface area contributed by atoms with Gasteiger partial charge in [-0.3, -0.25) is 9.56 Å². The van der Waals surface area contributed by atoms with Crippen LogP contribution in [0, 0.1) is 20.8 Å². The summed E-state index contributed by atoms with van der Waals surface area (Å²) in [7, 11) is 0. The van der Waals surface area contributed by atoms with Crippen molar-refractivity contribution in [2.75, 3.05) is 0 Å². The lowest BCUT2D eigenvalue weighted by molar-refractivity contribution is -0.131. The van der Waals surface area contributed by atoms with E-state index in [1.54, 1.807) is 17.4 Å². The number of aryl methyl sites for hydroxylation is 2. The minimum atomic E-state index is -0.960. The lowest BCUT2D eigenvalue weighted by Gasteiger charge is -2.10. The fourth-order valence-electron chi connectivity index (χ4n) is 3.40. The van der Waals surface area contributed by atoms with E-state index in [9.17, 15) is 4.79 Å². The Bertz CT molecular complexity index is 1140. The molecule has 7 heteroatoms. The Balaban J connectivity index is 1.87. The van der Waals surface area contributed by atoms with Gasteiger partial charge >= 0.3 is 5.97 Å². The molecule has 0 saturated carbocycles. The van der Waals surface area contributed by atoms with E-state index in [0.29, 0.717) is 0 Å². The molecule has 0 fully saturated rings. The van der Waals surface area contributed by atoms with Crippen molar-refractivity contribution >= 4 is 29.1 Å². The molecular formula is C21H20N4O2S. The molecule has 3 aromatic rings. The molecule has 1 atom stereocenters. The van der Waals surface area contributed by atoms with Crippen LogP contribution in [0.4, 0.5) is 0 Å². The maximum absolute atomic E-state index is 10.7. The first-order chi connectivity index (χ1) is 13.4. The Labute approximate surface area is 166 Å². The first-order valence-corrected chi connectivity index (χ1v) is 9.80. The first-order valence-electron chi connectivity index (χ1n) is 8.98. The number of thiophene rings is 1. The van der Waals surface area contributed by atoms with Crippen LogP contribution in [0.2, 0.25) is 0 Å². The zero-order valence-electron chi connectivity index (χ0n) is 16.1. The van der Waals surface area contributed by atoms with Gasteiger partial charge in [-0.1, -0.05) is 24.3 Å². The topological polar surface area (TPSA) is 80.4 Å². The summed E-state index contributed by atoms with van der Waals surface area (Å²) in [4.78, 5) is 17.0. The van der Waals surface area contributed by atoms with Crippen LogP contribution in [0.1, 0.15) is 51.7 Å². The number of carboxylic acid groups (broad SMARTS) is 1. The summed E-state index contributed by atoms with van der Waals surface area (Å²) < 4.78 is 2.12. The lowest BCUT2D eigenvalue weighted by Crippen LogP contribution is -2.07. The molecule has 1 aliphatic rings. The van der Waals surface area contributed by atoms with E-state index >= 15 is 0 Å². The standard InChI is InChI=1S/C21H20N4O2S/c1-11-13(3)28-21-18(11)19(22-12(2)20-24-23-14(4)25(20)21)16-8-5-15(6-9-16)7-10-17(26)27/h5-10,12H,1-4H3,(H,26,27)/b10-7+/t12-/m0/s1. The summed E-state index contributed by atoms with van der Waals surface area (Å²) >= 11 is 1.73. The van der Waals surface area contributed by atoms with Crippen LogP contribution in [-0.4, -0.2) is 31.6 Å². The maximum Gasteiger partial charge on any atom is 0.328 e. The van der Waals surface area contributed by atoms with Crippen molar-refractivity contribution in [3.8, 4) is 5.00 Å². The number of aliphatic imine (C=N–C) groups is 1. The van der Waals surface area contributed by atoms with E-state index < -0.39 is 5.97 Å². The molecule has 3 heterocycles. The highest BCUT2D eigenvalue weighted by Gasteiger charge is 2.29. The van der Waals surface area contributed by atoms with E-state index in [0.717, 1.165) is 45.1 Å². The number of carbonyl (C=O) groups is 1. The SMILES string of the molecule is Cc1sc2c(c1C)C(c1ccc(/C=C/C(=O)O)cc1)=N[C@@H](C)c1nnc(C)n1-2. The van der Waals surface area contributed by atoms with Crippen molar-refractivity contribution in [1.29, 1.82) is 0 Å². The number of aromatic nitrogens is 3. The number of carboxylic acids is 1. The van der Waals surface area contributed by atoms with Crippen LogP contribution in [0.25, 0.3) is 11.1 Å². The van der Waals surface area contributed by atoms with Crippen LogP contribution in [0.5, 0.6) is 0 Å². The van der Waals surface area contributed by atoms with E-state index in [1.807, 2.05) is 38.1 Å². The Kier molecular flexibility index (Phi) is 4.47. The summed E-state index contributed by atoms with van der Waals surface area (Å²) in [5, 5.41) is 18.5. The molecule has 6 nitrogen and oxygen atoms in total. The average Bonchev–Trinajstić information content (AvgIpc) is 3.14. The average molecular weight is 392 g/mol. The second kappa shape index (κ2) is 6.83. The van der Waals surface area contributed by atoms with Gasteiger partial charge in [-0.25, -0.2) is 4.79 Å². The number of nitrogens with zero attached hydrogens (tertiary/aromatic N) is 4. The van der Waals surface area contributed by atoms with Crippen LogP contribution in [0.3, 0.4) is 0 Å². The van der Waals surface area contributed by atoms with Crippen LogP contribution < -0.4 is 0 Å². The van der Waals surface area contributed by atoms with Crippen molar-refractivity contribution < 1.29 is 9.90 Å². The summed E-state index contributed by atoms with van der Waals surface area (Å²) in [5.74, 6) is 0.740. The molecule has 0 spiro atoms. The van der Waals surface area contributed by atoms with Crippen molar-refractivity contribution in [1.82, 2.24) is 14.8 Å². The highest BCUT2D eigenvalue weighted by atomic mass is 32.1. The number of hydrogen-bond acceptors (Lipinski definition) is 5. The largest absolute Gasteiger partial charge is 0.478 e. The predicted molar refractivity (Wildman–Crippen MR) is 111 cm³/mol. The molecular weight excluding hydrogens is 372 g/mol. The third kappa shape index (κ3) is 2.97. The van der Waals surface area contributed by atoms with Gasteiger partial charge in [-0.05, 0) is 44.9 Å². The highest BCUT2D eigenvalue weighted by molar-refractivity contribution is 7.15. The van der Waals surface area contributed by atoms with E-state index in [4.69, 9.17) is 10.1 Å². The summed E-state index contributed by atoms with van der Waals surface area (Å²) in [6, 6.07) is 7.67. The van der Waals surface area contributed by atoms with Crippen LogP contribution in [0.15, 0.2) is 35.3 Å². The number of fused-ring (bicyclic) bond motifs is 3. The van der Waals surface area contributed by atoms with Gasteiger partial charge in [0.2, 0.25) is 0 Å². The van der Waals surface area contributed by atoms with Gasteiger partial charge in [0.05, 0.1) is 5.71 Å². The van der Waals surface area contributed by atoms with E-state index in [-0.39, 0.29) is 6.04 Å². The quantitative estimate of drug-likeness (QED) is 0.675. The van der Waals surface area contributed by atoms with Crippen molar-refractivity contribution in [3.05, 3.63) is 69.1 Å². The number of rotatable bonds is 3. The molecule has 142 valence electrons. The molecule has 0 amide bonds. The van der Waals surface area contributed by atoms with Crippen LogP contribution in [-0.2, 0) is 4.79 Å². The Morgan fingerprint density at radius 3 is 2.57 bits per heavy atom. The number of benzene rings is 1. The van der Waals surface area contributed by atoms with Crippen molar-refractivity contribution in [2.24, 2.45) is 4.99 Å². The third-order valence-electron chi connectivity index (χ3n) is 4.96. The van der Waals surface area contributed by atoms with Gasteiger partial charge in [0.25, 0.3) is 0 Å². The minimum absolute atomic E-state index is 0.123. The maximum atomic E-state index is 10.7. The summed E-state index contributed by atoms with van der Waals surface area (Å²) in [5.41, 5.74) is 5.09. The van der Waals surface area contributed by atoms with Gasteiger partial charge in [0.15, 0.2) is 5.82 Å².